The molecule has 1 rings (SSSR count). The monoisotopic (exact) mass is 267 g/mol. The maximum absolute atomic E-state index is 11.0. The molecule has 1 heterocycles. The first kappa shape index (κ1) is 15.7. The van der Waals surface area contributed by atoms with Crippen molar-refractivity contribution in [1.29, 1.82) is 0 Å². The number of hydrogen-bond acceptors (Lipinski definition) is 4. The average Bonchev–Trinajstić information content (AvgIpc) is 2.35. The number of ether oxygens (including phenoxy) is 1. The predicted octanol–water partition coefficient (Wildman–Crippen LogP) is 1.91. The van der Waals surface area contributed by atoms with Gasteiger partial charge < -0.3 is 4.74 Å². The molecule has 0 fully saturated rings. The zero-order valence-electron chi connectivity index (χ0n) is 12.2. The minimum atomic E-state index is -0.373. The molecule has 0 radical (unpaired) electrons. The van der Waals surface area contributed by atoms with Gasteiger partial charge in [-0.25, -0.2) is 9.78 Å². The van der Waals surface area contributed by atoms with Crippen LogP contribution in [0.2, 0.25) is 0 Å². The number of aromatic nitrogens is 2. The molecule has 1 aromatic heterocycles. The summed E-state index contributed by atoms with van der Waals surface area (Å²) in [7, 11) is 0. The molecule has 0 bridgehead atoms. The van der Waals surface area contributed by atoms with Crippen LogP contribution in [0.5, 0.6) is 5.88 Å². The molecule has 0 spiro atoms. The van der Waals surface area contributed by atoms with Crippen LogP contribution in [-0.4, -0.2) is 41.1 Å². The van der Waals surface area contributed by atoms with Crippen LogP contribution in [0, 0.1) is 5.92 Å². The van der Waals surface area contributed by atoms with Gasteiger partial charge in [0.15, 0.2) is 5.88 Å². The van der Waals surface area contributed by atoms with Gasteiger partial charge in [-0.1, -0.05) is 27.2 Å². The van der Waals surface area contributed by atoms with Gasteiger partial charge in [-0.15, -0.1) is 0 Å². The highest BCUT2D eigenvalue weighted by Crippen LogP contribution is 2.03. The summed E-state index contributed by atoms with van der Waals surface area (Å²) in [6, 6.07) is 1.67. The number of rotatable bonds is 9. The Kier molecular flexibility index (Phi) is 7.18. The van der Waals surface area contributed by atoms with E-state index in [0.717, 1.165) is 19.6 Å². The molecule has 108 valence electrons. The van der Waals surface area contributed by atoms with Crippen LogP contribution in [0.15, 0.2) is 17.1 Å². The van der Waals surface area contributed by atoms with Crippen LogP contribution in [0.3, 0.4) is 0 Å². The van der Waals surface area contributed by atoms with Crippen molar-refractivity contribution in [3.05, 3.63) is 22.7 Å². The Balaban J connectivity index is 2.36. The molecule has 0 amide bonds. The molecule has 1 N–H and O–H groups in total. The van der Waals surface area contributed by atoms with Crippen LogP contribution in [0.1, 0.15) is 33.6 Å². The minimum Gasteiger partial charge on any atom is -0.477 e. The standard InChI is InChI=1S/C14H25N3O2/c1-4-5-8-17(11-12(2)3)9-10-19-13-6-7-15-14(18)16-13/h6-7,12H,4-5,8-11H2,1-3H3,(H,15,16,18). The second kappa shape index (κ2) is 8.69. The molecule has 5 nitrogen and oxygen atoms in total. The molecule has 0 unspecified atom stereocenters. The lowest BCUT2D eigenvalue weighted by molar-refractivity contribution is 0.187. The van der Waals surface area contributed by atoms with Crippen LogP contribution in [0.25, 0.3) is 0 Å². The van der Waals surface area contributed by atoms with Crippen LogP contribution < -0.4 is 10.4 Å². The summed E-state index contributed by atoms with van der Waals surface area (Å²) in [5.41, 5.74) is -0.373. The summed E-state index contributed by atoms with van der Waals surface area (Å²) in [6.45, 7) is 10.3. The third-order valence-electron chi connectivity index (χ3n) is 2.76. The number of unbranched alkanes of at least 4 members (excludes halogenated alkanes) is 1. The Morgan fingerprint density at radius 1 is 1.42 bits per heavy atom. The Labute approximate surface area is 115 Å². The van der Waals surface area contributed by atoms with E-state index in [4.69, 9.17) is 4.74 Å². The molecule has 1 aromatic rings. The normalized spacial score (nSPS) is 11.2. The van der Waals surface area contributed by atoms with Gasteiger partial charge in [0.2, 0.25) is 0 Å². The highest BCUT2D eigenvalue weighted by molar-refractivity contribution is 5.04. The quantitative estimate of drug-likeness (QED) is 0.742. The zero-order valence-corrected chi connectivity index (χ0v) is 12.2. The smallest absolute Gasteiger partial charge is 0.347 e. The SMILES string of the molecule is CCCCN(CCOc1ccnc(=O)[nH]1)CC(C)C. The van der Waals surface area contributed by atoms with E-state index in [9.17, 15) is 4.79 Å². The number of nitrogens with zero attached hydrogens (tertiary/aromatic N) is 2. The average molecular weight is 267 g/mol. The number of aromatic amines is 1. The molecule has 0 aliphatic rings. The van der Waals surface area contributed by atoms with Crippen LogP contribution >= 0.6 is 0 Å². The Bertz CT molecular complexity index is 404. The molecule has 0 aliphatic heterocycles. The second-order valence-electron chi connectivity index (χ2n) is 5.14. The van der Waals surface area contributed by atoms with Gasteiger partial charge >= 0.3 is 5.69 Å². The van der Waals surface area contributed by atoms with Crippen molar-refractivity contribution in [2.45, 2.75) is 33.6 Å². The van der Waals surface area contributed by atoms with E-state index in [-0.39, 0.29) is 5.69 Å². The van der Waals surface area contributed by atoms with Gasteiger partial charge in [0, 0.05) is 25.4 Å². The fraction of sp³-hybridized carbons (Fsp3) is 0.714. The fourth-order valence-electron chi connectivity index (χ4n) is 1.91. The molecular weight excluding hydrogens is 242 g/mol. The topological polar surface area (TPSA) is 58.2 Å². The van der Waals surface area contributed by atoms with E-state index < -0.39 is 0 Å². The Morgan fingerprint density at radius 3 is 2.84 bits per heavy atom. The summed E-state index contributed by atoms with van der Waals surface area (Å²) < 4.78 is 5.54. The lowest BCUT2D eigenvalue weighted by atomic mass is 10.2. The summed E-state index contributed by atoms with van der Waals surface area (Å²) in [5, 5.41) is 0. The molecule has 19 heavy (non-hydrogen) atoms. The minimum absolute atomic E-state index is 0.373. The summed E-state index contributed by atoms with van der Waals surface area (Å²) >= 11 is 0. The lowest BCUT2D eigenvalue weighted by Gasteiger charge is -2.23. The van der Waals surface area contributed by atoms with Gasteiger partial charge in [0.1, 0.15) is 6.61 Å². The second-order valence-corrected chi connectivity index (χ2v) is 5.14. The van der Waals surface area contributed by atoms with Gasteiger partial charge in [0.25, 0.3) is 0 Å². The van der Waals surface area contributed by atoms with E-state index in [1.165, 1.54) is 19.0 Å². The summed E-state index contributed by atoms with van der Waals surface area (Å²) in [4.78, 5) is 19.5. The number of H-pyrrole nitrogens is 1. The van der Waals surface area contributed by atoms with Crippen LogP contribution in [-0.2, 0) is 0 Å². The molecular formula is C14H25N3O2. The van der Waals surface area contributed by atoms with Gasteiger partial charge in [-0.3, -0.25) is 9.88 Å². The highest BCUT2D eigenvalue weighted by atomic mass is 16.5. The largest absolute Gasteiger partial charge is 0.477 e. The van der Waals surface area contributed by atoms with Crippen LogP contribution in [0.4, 0.5) is 0 Å². The van der Waals surface area contributed by atoms with E-state index in [0.29, 0.717) is 18.4 Å². The Morgan fingerprint density at radius 2 is 2.21 bits per heavy atom. The first-order valence-corrected chi connectivity index (χ1v) is 7.02. The maximum Gasteiger partial charge on any atom is 0.347 e. The van der Waals surface area contributed by atoms with Crippen molar-refractivity contribution >= 4 is 0 Å². The molecule has 0 atom stereocenters. The van der Waals surface area contributed by atoms with Crippen molar-refractivity contribution in [1.82, 2.24) is 14.9 Å². The zero-order chi connectivity index (χ0) is 14.1. The lowest BCUT2D eigenvalue weighted by Crippen LogP contribution is -2.33. The van der Waals surface area contributed by atoms with Gasteiger partial charge in [0.05, 0.1) is 0 Å². The van der Waals surface area contributed by atoms with Crippen molar-refractivity contribution in [2.75, 3.05) is 26.2 Å². The first-order valence-electron chi connectivity index (χ1n) is 7.02. The van der Waals surface area contributed by atoms with E-state index in [1.54, 1.807) is 6.07 Å². The molecule has 5 heteroatoms. The van der Waals surface area contributed by atoms with E-state index in [1.807, 2.05) is 0 Å². The summed E-state index contributed by atoms with van der Waals surface area (Å²) in [5.74, 6) is 1.14. The first-order chi connectivity index (χ1) is 9.11. The van der Waals surface area contributed by atoms with E-state index in [2.05, 4.69) is 35.6 Å². The number of nitrogens with one attached hydrogen (secondary N) is 1. The maximum atomic E-state index is 11.0. The number of hydrogen-bond donors (Lipinski definition) is 1. The highest BCUT2D eigenvalue weighted by Gasteiger charge is 2.07. The molecule has 0 saturated heterocycles. The van der Waals surface area contributed by atoms with Gasteiger partial charge in [-0.05, 0) is 18.9 Å². The Hall–Kier alpha value is -1.36. The molecule has 0 aliphatic carbocycles. The molecule has 0 aromatic carbocycles. The molecule has 0 saturated carbocycles. The van der Waals surface area contributed by atoms with Gasteiger partial charge in [-0.2, -0.15) is 0 Å². The van der Waals surface area contributed by atoms with Crippen molar-refractivity contribution < 1.29 is 4.74 Å². The van der Waals surface area contributed by atoms with E-state index >= 15 is 0 Å². The summed E-state index contributed by atoms with van der Waals surface area (Å²) in [6.07, 6.45) is 3.86. The van der Waals surface area contributed by atoms with Crippen molar-refractivity contribution in [2.24, 2.45) is 5.92 Å². The predicted molar refractivity (Wildman–Crippen MR) is 76.5 cm³/mol. The third-order valence-corrected chi connectivity index (χ3v) is 2.76. The fourth-order valence-corrected chi connectivity index (χ4v) is 1.91. The van der Waals surface area contributed by atoms with Crippen molar-refractivity contribution in [3.63, 3.8) is 0 Å². The third kappa shape index (κ3) is 6.96. The van der Waals surface area contributed by atoms with Crippen molar-refractivity contribution in [3.8, 4) is 5.88 Å².